The number of amides is 1. The van der Waals surface area contributed by atoms with Crippen molar-refractivity contribution < 1.29 is 18.4 Å². The molecule has 0 aliphatic rings. The number of hydrogen-bond acceptors (Lipinski definition) is 4. The molecule has 4 aromatic rings. The number of halogens is 1. The maximum absolute atomic E-state index is 13.1. The van der Waals surface area contributed by atoms with Crippen LogP contribution in [0.25, 0.3) is 11.3 Å². The molecule has 1 amide bonds. The third-order valence-electron chi connectivity index (χ3n) is 5.03. The van der Waals surface area contributed by atoms with Gasteiger partial charge in [-0.15, -0.1) is 0 Å². The van der Waals surface area contributed by atoms with Crippen molar-refractivity contribution in [3.05, 3.63) is 102 Å². The molecular formula is C26H23FN2O3. The van der Waals surface area contributed by atoms with E-state index in [2.05, 4.69) is 36.5 Å². The third kappa shape index (κ3) is 5.21. The van der Waals surface area contributed by atoms with Gasteiger partial charge in [0.05, 0.1) is 0 Å². The zero-order valence-electron chi connectivity index (χ0n) is 17.8. The van der Waals surface area contributed by atoms with Crippen molar-refractivity contribution in [2.75, 3.05) is 0 Å². The molecule has 32 heavy (non-hydrogen) atoms. The molecule has 1 heterocycles. The SMILES string of the molecule is CC(C)c1ccc(Oc2ccc(CNC(=O)c3cc(-c4ccc(F)cc4)on3)cc2)cc1. The van der Waals surface area contributed by atoms with E-state index in [1.54, 1.807) is 12.1 Å². The number of ether oxygens (including phenoxy) is 1. The molecule has 0 radical (unpaired) electrons. The van der Waals surface area contributed by atoms with Crippen molar-refractivity contribution in [2.45, 2.75) is 26.3 Å². The Balaban J connectivity index is 1.32. The summed E-state index contributed by atoms with van der Waals surface area (Å²) in [6, 6.07) is 22.9. The Bertz CT molecular complexity index is 1180. The summed E-state index contributed by atoms with van der Waals surface area (Å²) in [4.78, 5) is 12.4. The fraction of sp³-hybridized carbons (Fsp3) is 0.154. The molecule has 0 saturated carbocycles. The van der Waals surface area contributed by atoms with Gasteiger partial charge in [-0.1, -0.05) is 43.3 Å². The minimum absolute atomic E-state index is 0.161. The third-order valence-corrected chi connectivity index (χ3v) is 5.03. The second-order valence-corrected chi connectivity index (χ2v) is 7.74. The van der Waals surface area contributed by atoms with Crippen LogP contribution in [0.15, 0.2) is 83.4 Å². The van der Waals surface area contributed by atoms with Crippen molar-refractivity contribution in [1.82, 2.24) is 10.5 Å². The summed E-state index contributed by atoms with van der Waals surface area (Å²) in [5.41, 5.74) is 2.99. The van der Waals surface area contributed by atoms with Crippen LogP contribution in [0.1, 0.15) is 41.4 Å². The average molecular weight is 430 g/mol. The molecule has 0 fully saturated rings. The maximum atomic E-state index is 13.1. The summed E-state index contributed by atoms with van der Waals surface area (Å²) in [6.45, 7) is 4.64. The second kappa shape index (κ2) is 9.47. The van der Waals surface area contributed by atoms with Gasteiger partial charge < -0.3 is 14.6 Å². The minimum Gasteiger partial charge on any atom is -0.457 e. The topological polar surface area (TPSA) is 64.4 Å². The first-order valence-corrected chi connectivity index (χ1v) is 10.4. The molecule has 0 unspecified atom stereocenters. The summed E-state index contributed by atoms with van der Waals surface area (Å²) in [6.07, 6.45) is 0. The van der Waals surface area contributed by atoms with Crippen LogP contribution in [0.2, 0.25) is 0 Å². The first kappa shape index (κ1) is 21.3. The minimum atomic E-state index is -0.354. The molecule has 0 atom stereocenters. The van der Waals surface area contributed by atoms with E-state index in [1.165, 1.54) is 23.8 Å². The predicted octanol–water partition coefficient (Wildman–Crippen LogP) is 6.33. The highest BCUT2D eigenvalue weighted by molar-refractivity contribution is 5.93. The van der Waals surface area contributed by atoms with Crippen molar-refractivity contribution >= 4 is 5.91 Å². The van der Waals surface area contributed by atoms with Gasteiger partial charge in [-0.05, 0) is 65.6 Å². The largest absolute Gasteiger partial charge is 0.457 e. The molecule has 1 N–H and O–H groups in total. The molecule has 0 saturated heterocycles. The Morgan fingerprint density at radius 3 is 2.22 bits per heavy atom. The Hall–Kier alpha value is -3.93. The summed E-state index contributed by atoms with van der Waals surface area (Å²) < 4.78 is 24.1. The number of rotatable bonds is 7. The Labute approximate surface area is 185 Å². The van der Waals surface area contributed by atoms with Crippen LogP contribution >= 0.6 is 0 Å². The smallest absolute Gasteiger partial charge is 0.273 e. The summed E-state index contributed by atoms with van der Waals surface area (Å²) >= 11 is 0. The molecule has 0 spiro atoms. The standard InChI is InChI=1S/C26H23FN2O3/c1-17(2)19-7-13-23(14-8-19)31-22-11-3-18(4-12-22)16-28-26(30)24-15-25(32-29-24)20-5-9-21(27)10-6-20/h3-15,17H,16H2,1-2H3,(H,28,30). The second-order valence-electron chi connectivity index (χ2n) is 7.74. The monoisotopic (exact) mass is 430 g/mol. The van der Waals surface area contributed by atoms with Crippen LogP contribution in [-0.4, -0.2) is 11.1 Å². The summed E-state index contributed by atoms with van der Waals surface area (Å²) in [5, 5.41) is 6.62. The van der Waals surface area contributed by atoms with E-state index in [4.69, 9.17) is 9.26 Å². The van der Waals surface area contributed by atoms with E-state index in [0.29, 0.717) is 23.8 Å². The highest BCUT2D eigenvalue weighted by Gasteiger charge is 2.13. The first-order valence-electron chi connectivity index (χ1n) is 10.4. The van der Waals surface area contributed by atoms with E-state index < -0.39 is 0 Å². The fourth-order valence-electron chi connectivity index (χ4n) is 3.14. The molecule has 5 nitrogen and oxygen atoms in total. The molecule has 162 valence electrons. The van der Waals surface area contributed by atoms with Gasteiger partial charge in [0.15, 0.2) is 11.5 Å². The maximum Gasteiger partial charge on any atom is 0.273 e. The molecular weight excluding hydrogens is 407 g/mol. The molecule has 0 aliphatic heterocycles. The zero-order valence-corrected chi connectivity index (χ0v) is 17.8. The number of carbonyl (C=O) groups excluding carboxylic acids is 1. The van der Waals surface area contributed by atoms with Crippen molar-refractivity contribution in [3.8, 4) is 22.8 Å². The average Bonchev–Trinajstić information content (AvgIpc) is 3.30. The number of benzene rings is 3. The molecule has 1 aromatic heterocycles. The van der Waals surface area contributed by atoms with E-state index in [-0.39, 0.29) is 17.4 Å². The highest BCUT2D eigenvalue weighted by atomic mass is 19.1. The van der Waals surface area contributed by atoms with E-state index in [1.807, 2.05) is 36.4 Å². The van der Waals surface area contributed by atoms with Crippen LogP contribution in [0, 0.1) is 5.82 Å². The van der Waals surface area contributed by atoms with Crippen LogP contribution in [-0.2, 0) is 6.54 Å². The molecule has 0 aliphatic carbocycles. The lowest BCUT2D eigenvalue weighted by atomic mass is 10.0. The van der Waals surface area contributed by atoms with Crippen molar-refractivity contribution in [3.63, 3.8) is 0 Å². The molecule has 3 aromatic carbocycles. The van der Waals surface area contributed by atoms with Gasteiger partial charge in [0.25, 0.3) is 5.91 Å². The van der Waals surface area contributed by atoms with Gasteiger partial charge in [0.1, 0.15) is 17.3 Å². The lowest BCUT2D eigenvalue weighted by molar-refractivity contribution is 0.0942. The van der Waals surface area contributed by atoms with Crippen LogP contribution in [0.4, 0.5) is 4.39 Å². The Morgan fingerprint density at radius 1 is 0.969 bits per heavy atom. The lowest BCUT2D eigenvalue weighted by Crippen LogP contribution is -2.22. The van der Waals surface area contributed by atoms with Crippen molar-refractivity contribution in [2.24, 2.45) is 0 Å². The van der Waals surface area contributed by atoms with Crippen LogP contribution in [0.3, 0.4) is 0 Å². The highest BCUT2D eigenvalue weighted by Crippen LogP contribution is 2.24. The number of carbonyl (C=O) groups is 1. The normalized spacial score (nSPS) is 10.9. The van der Waals surface area contributed by atoms with Crippen LogP contribution in [0.5, 0.6) is 11.5 Å². The molecule has 4 rings (SSSR count). The van der Waals surface area contributed by atoms with E-state index >= 15 is 0 Å². The number of hydrogen-bond donors (Lipinski definition) is 1. The van der Waals surface area contributed by atoms with Gasteiger partial charge in [-0.3, -0.25) is 4.79 Å². The Morgan fingerprint density at radius 2 is 1.59 bits per heavy atom. The van der Waals surface area contributed by atoms with Gasteiger partial charge in [-0.2, -0.15) is 0 Å². The first-order chi connectivity index (χ1) is 15.5. The van der Waals surface area contributed by atoms with Crippen LogP contribution < -0.4 is 10.1 Å². The predicted molar refractivity (Wildman–Crippen MR) is 120 cm³/mol. The fourth-order valence-corrected chi connectivity index (χ4v) is 3.14. The van der Waals surface area contributed by atoms with Gasteiger partial charge in [-0.25, -0.2) is 4.39 Å². The Kier molecular flexibility index (Phi) is 6.31. The van der Waals surface area contributed by atoms with E-state index in [9.17, 15) is 9.18 Å². The summed E-state index contributed by atoms with van der Waals surface area (Å²) in [7, 11) is 0. The quantitative estimate of drug-likeness (QED) is 0.372. The molecule has 0 bridgehead atoms. The van der Waals surface area contributed by atoms with Gasteiger partial charge in [0, 0.05) is 18.2 Å². The summed E-state index contributed by atoms with van der Waals surface area (Å²) in [5.74, 6) is 1.68. The number of nitrogens with one attached hydrogen (secondary N) is 1. The molecule has 6 heteroatoms. The number of aromatic nitrogens is 1. The lowest BCUT2D eigenvalue weighted by Gasteiger charge is -2.09. The number of nitrogens with zero attached hydrogens (tertiary/aromatic N) is 1. The van der Waals surface area contributed by atoms with Gasteiger partial charge >= 0.3 is 0 Å². The van der Waals surface area contributed by atoms with Gasteiger partial charge in [0.2, 0.25) is 0 Å². The van der Waals surface area contributed by atoms with Crippen molar-refractivity contribution in [1.29, 1.82) is 0 Å². The zero-order chi connectivity index (χ0) is 22.5. The van der Waals surface area contributed by atoms with E-state index in [0.717, 1.165) is 17.1 Å².